The van der Waals surface area contributed by atoms with Gasteiger partial charge in [0.15, 0.2) is 6.61 Å². The van der Waals surface area contributed by atoms with Gasteiger partial charge in [0, 0.05) is 25.9 Å². The number of benzene rings is 1. The maximum Gasteiger partial charge on any atom is 0.264 e. The minimum Gasteiger partial charge on any atom is -0.481 e. The third-order valence-corrected chi connectivity index (χ3v) is 2.61. The zero-order valence-electron chi connectivity index (χ0n) is 10.2. The first-order chi connectivity index (χ1) is 8.61. The third-order valence-electron chi connectivity index (χ3n) is 2.61. The molecule has 0 bridgehead atoms. The number of hydrogen-bond donors (Lipinski definition) is 1. The summed E-state index contributed by atoms with van der Waals surface area (Å²) in [7, 11) is 3.14. The van der Waals surface area contributed by atoms with Crippen LogP contribution in [0, 0.1) is 0 Å². The molecule has 2 rings (SSSR count). The summed E-state index contributed by atoms with van der Waals surface area (Å²) < 4.78 is 10.0. The number of amides is 2. The number of rotatable bonds is 3. The maximum absolute atomic E-state index is 11.4. The second kappa shape index (κ2) is 5.05. The Bertz CT molecular complexity index is 487. The molecule has 18 heavy (non-hydrogen) atoms. The molecule has 6 nitrogen and oxygen atoms in total. The van der Waals surface area contributed by atoms with Crippen LogP contribution in [-0.4, -0.2) is 39.2 Å². The van der Waals surface area contributed by atoms with Crippen molar-refractivity contribution >= 4 is 23.2 Å². The van der Waals surface area contributed by atoms with Crippen LogP contribution in [0.1, 0.15) is 0 Å². The Labute approximate surface area is 104 Å². The number of carbonyl (C=O) groups excluding carboxylic acids is 2. The standard InChI is InChI=1S/C12H14N2O4/c1-14-9-4-3-8(13-11(15)6-17-2)5-10(9)18-7-12(14)16/h3-5H,6-7H2,1-2H3,(H,13,15). The van der Waals surface area contributed by atoms with Gasteiger partial charge in [0.05, 0.1) is 5.69 Å². The molecule has 0 fully saturated rings. The monoisotopic (exact) mass is 250 g/mol. The number of likely N-dealkylation sites (N-methyl/N-ethyl adjacent to an activating group) is 1. The highest BCUT2D eigenvalue weighted by Gasteiger charge is 2.22. The molecule has 1 aliphatic rings. The fourth-order valence-electron chi connectivity index (χ4n) is 1.68. The van der Waals surface area contributed by atoms with Crippen LogP contribution in [0.15, 0.2) is 18.2 Å². The van der Waals surface area contributed by atoms with Crippen LogP contribution in [0.5, 0.6) is 5.75 Å². The molecule has 1 heterocycles. The largest absolute Gasteiger partial charge is 0.481 e. The van der Waals surface area contributed by atoms with Crippen LogP contribution in [0.3, 0.4) is 0 Å². The van der Waals surface area contributed by atoms with Crippen LogP contribution in [0.4, 0.5) is 11.4 Å². The molecule has 1 aliphatic heterocycles. The zero-order valence-corrected chi connectivity index (χ0v) is 10.2. The van der Waals surface area contributed by atoms with Crippen LogP contribution >= 0.6 is 0 Å². The van der Waals surface area contributed by atoms with Crippen molar-refractivity contribution in [1.29, 1.82) is 0 Å². The Hall–Kier alpha value is -2.08. The minimum atomic E-state index is -0.238. The second-order valence-corrected chi connectivity index (χ2v) is 3.91. The number of hydrogen-bond acceptors (Lipinski definition) is 4. The van der Waals surface area contributed by atoms with E-state index in [0.717, 1.165) is 0 Å². The summed E-state index contributed by atoms with van der Waals surface area (Å²) in [6.07, 6.45) is 0. The van der Waals surface area contributed by atoms with Crippen molar-refractivity contribution in [3.63, 3.8) is 0 Å². The van der Waals surface area contributed by atoms with Gasteiger partial charge < -0.3 is 19.7 Å². The van der Waals surface area contributed by atoms with E-state index >= 15 is 0 Å². The van der Waals surface area contributed by atoms with Crippen molar-refractivity contribution in [3.05, 3.63) is 18.2 Å². The number of carbonyl (C=O) groups is 2. The van der Waals surface area contributed by atoms with Gasteiger partial charge in [-0.15, -0.1) is 0 Å². The summed E-state index contributed by atoms with van der Waals surface area (Å²) in [6, 6.07) is 5.13. The van der Waals surface area contributed by atoms with Gasteiger partial charge in [-0.1, -0.05) is 0 Å². The molecule has 0 radical (unpaired) electrons. The topological polar surface area (TPSA) is 67.9 Å². The number of anilines is 2. The highest BCUT2D eigenvalue weighted by atomic mass is 16.5. The maximum atomic E-state index is 11.4. The summed E-state index contributed by atoms with van der Waals surface area (Å²) in [5.41, 5.74) is 1.30. The summed E-state index contributed by atoms with van der Waals surface area (Å²) >= 11 is 0. The van der Waals surface area contributed by atoms with Crippen molar-refractivity contribution in [2.45, 2.75) is 0 Å². The molecular weight excluding hydrogens is 236 g/mol. The first kappa shape index (κ1) is 12.4. The Morgan fingerprint density at radius 2 is 2.33 bits per heavy atom. The third kappa shape index (κ3) is 2.43. The average molecular weight is 250 g/mol. The van der Waals surface area contributed by atoms with Crippen molar-refractivity contribution in [2.24, 2.45) is 0 Å². The van der Waals surface area contributed by atoms with Crippen LogP contribution in [0.25, 0.3) is 0 Å². The van der Waals surface area contributed by atoms with E-state index in [4.69, 9.17) is 9.47 Å². The molecule has 2 amide bonds. The van der Waals surface area contributed by atoms with Gasteiger partial charge in [-0.25, -0.2) is 0 Å². The van der Waals surface area contributed by atoms with Crippen LogP contribution in [0.2, 0.25) is 0 Å². The number of nitrogens with zero attached hydrogens (tertiary/aromatic N) is 1. The van der Waals surface area contributed by atoms with Crippen molar-refractivity contribution < 1.29 is 19.1 Å². The molecule has 1 aromatic rings. The molecule has 0 unspecified atom stereocenters. The molecule has 0 aromatic heterocycles. The van der Waals surface area contributed by atoms with E-state index in [1.807, 2.05) is 0 Å². The molecule has 0 spiro atoms. The van der Waals surface area contributed by atoms with E-state index in [9.17, 15) is 9.59 Å². The van der Waals surface area contributed by atoms with Gasteiger partial charge in [-0.2, -0.15) is 0 Å². The summed E-state index contributed by atoms with van der Waals surface area (Å²) in [5, 5.41) is 2.67. The fourth-order valence-corrected chi connectivity index (χ4v) is 1.68. The van der Waals surface area contributed by atoms with E-state index < -0.39 is 0 Å². The number of methoxy groups -OCH3 is 1. The van der Waals surface area contributed by atoms with E-state index in [0.29, 0.717) is 17.1 Å². The Balaban J connectivity index is 2.18. The van der Waals surface area contributed by atoms with Gasteiger partial charge in [0.25, 0.3) is 5.91 Å². The summed E-state index contributed by atoms with van der Waals surface area (Å²) in [6.45, 7) is 0.00923. The Morgan fingerprint density at radius 3 is 3.06 bits per heavy atom. The van der Waals surface area contributed by atoms with Gasteiger partial charge in [0.2, 0.25) is 5.91 Å². The van der Waals surface area contributed by atoms with Crippen molar-refractivity contribution in [3.8, 4) is 5.75 Å². The molecule has 1 aromatic carbocycles. The van der Waals surface area contributed by atoms with E-state index in [2.05, 4.69) is 5.32 Å². The SMILES string of the molecule is COCC(=O)Nc1ccc2c(c1)OCC(=O)N2C. The number of ether oxygens (including phenoxy) is 2. The van der Waals surface area contributed by atoms with Gasteiger partial charge in [-0.05, 0) is 12.1 Å². The van der Waals surface area contributed by atoms with E-state index in [-0.39, 0.29) is 25.0 Å². The van der Waals surface area contributed by atoms with Crippen LogP contribution < -0.4 is 15.0 Å². The fraction of sp³-hybridized carbons (Fsp3) is 0.333. The van der Waals surface area contributed by atoms with Gasteiger partial charge in [0.1, 0.15) is 12.4 Å². The lowest BCUT2D eigenvalue weighted by Gasteiger charge is -2.26. The van der Waals surface area contributed by atoms with Crippen LogP contribution in [-0.2, 0) is 14.3 Å². The highest BCUT2D eigenvalue weighted by molar-refractivity contribution is 5.98. The van der Waals surface area contributed by atoms with E-state index in [1.165, 1.54) is 12.0 Å². The number of nitrogens with one attached hydrogen (secondary N) is 1. The molecule has 0 aliphatic carbocycles. The molecule has 1 N–H and O–H groups in total. The Morgan fingerprint density at radius 1 is 1.56 bits per heavy atom. The first-order valence-corrected chi connectivity index (χ1v) is 5.44. The molecular formula is C12H14N2O4. The predicted molar refractivity (Wildman–Crippen MR) is 65.9 cm³/mol. The smallest absolute Gasteiger partial charge is 0.264 e. The van der Waals surface area contributed by atoms with Gasteiger partial charge >= 0.3 is 0 Å². The molecule has 96 valence electrons. The Kier molecular flexibility index (Phi) is 3.47. The molecule has 0 atom stereocenters. The van der Waals surface area contributed by atoms with Crippen molar-refractivity contribution in [2.75, 3.05) is 37.6 Å². The summed E-state index contributed by atoms with van der Waals surface area (Å²) in [5.74, 6) is 0.240. The van der Waals surface area contributed by atoms with Gasteiger partial charge in [-0.3, -0.25) is 9.59 Å². The quantitative estimate of drug-likeness (QED) is 0.854. The lowest BCUT2D eigenvalue weighted by atomic mass is 10.2. The molecule has 0 saturated heterocycles. The van der Waals surface area contributed by atoms with E-state index in [1.54, 1.807) is 25.2 Å². The van der Waals surface area contributed by atoms with Crippen molar-refractivity contribution in [1.82, 2.24) is 0 Å². The summed E-state index contributed by atoms with van der Waals surface area (Å²) in [4.78, 5) is 24.3. The highest BCUT2D eigenvalue weighted by Crippen LogP contribution is 2.33. The lowest BCUT2D eigenvalue weighted by molar-refractivity contribution is -0.121. The molecule has 0 saturated carbocycles. The molecule has 6 heteroatoms. The average Bonchev–Trinajstić information content (AvgIpc) is 2.34. The lowest BCUT2D eigenvalue weighted by Crippen LogP contribution is -2.35. The first-order valence-electron chi connectivity index (χ1n) is 5.44. The normalized spacial score (nSPS) is 13.9. The zero-order chi connectivity index (χ0) is 13.1. The predicted octanol–water partition coefficient (Wildman–Crippen LogP) is 0.627. The number of fused-ring (bicyclic) bond motifs is 1. The minimum absolute atomic E-state index is 0.00364. The second-order valence-electron chi connectivity index (χ2n) is 3.91.